The van der Waals surface area contributed by atoms with Crippen molar-refractivity contribution >= 4 is 0 Å². The zero-order valence-corrected chi connectivity index (χ0v) is 10.9. The van der Waals surface area contributed by atoms with Crippen LogP contribution in [0.4, 0.5) is 8.78 Å². The zero-order valence-electron chi connectivity index (χ0n) is 10.9. The lowest BCUT2D eigenvalue weighted by Gasteiger charge is -2.29. The highest BCUT2D eigenvalue weighted by molar-refractivity contribution is 5.31. The van der Waals surface area contributed by atoms with E-state index in [-0.39, 0.29) is 12.4 Å². The molecule has 1 aromatic rings. The van der Waals surface area contributed by atoms with Crippen LogP contribution in [0.3, 0.4) is 0 Å². The molecule has 1 aliphatic rings. The van der Waals surface area contributed by atoms with Crippen molar-refractivity contribution < 1.29 is 18.6 Å². The first-order valence-corrected chi connectivity index (χ1v) is 6.45. The molecule has 1 atom stereocenters. The number of alkyl halides is 2. The summed E-state index contributed by atoms with van der Waals surface area (Å²) >= 11 is 0. The average molecular weight is 271 g/mol. The Hall–Kier alpha value is -1.20. The number of aliphatic hydroxyl groups is 1. The van der Waals surface area contributed by atoms with E-state index in [1.165, 1.54) is 25.0 Å². The predicted octanol–water partition coefficient (Wildman–Crippen LogP) is 2.50. The van der Waals surface area contributed by atoms with Crippen LogP contribution >= 0.6 is 0 Å². The fourth-order valence-corrected chi connectivity index (χ4v) is 1.95. The van der Waals surface area contributed by atoms with E-state index in [9.17, 15) is 13.9 Å². The maximum absolute atomic E-state index is 12.1. The Morgan fingerprint density at radius 3 is 2.47 bits per heavy atom. The normalized spacial score (nSPS) is 18.4. The van der Waals surface area contributed by atoms with Gasteiger partial charge in [-0.05, 0) is 49.9 Å². The molecule has 0 saturated heterocycles. The minimum Gasteiger partial charge on any atom is -0.435 e. The first kappa shape index (κ1) is 14.2. The van der Waals surface area contributed by atoms with Gasteiger partial charge < -0.3 is 15.2 Å². The van der Waals surface area contributed by atoms with Gasteiger partial charge in [0.15, 0.2) is 0 Å². The van der Waals surface area contributed by atoms with Crippen molar-refractivity contribution in [2.45, 2.75) is 31.9 Å². The van der Waals surface area contributed by atoms with Crippen LogP contribution < -0.4 is 10.1 Å². The predicted molar refractivity (Wildman–Crippen MR) is 68.2 cm³/mol. The van der Waals surface area contributed by atoms with Gasteiger partial charge >= 0.3 is 6.61 Å². The summed E-state index contributed by atoms with van der Waals surface area (Å²) in [5.41, 5.74) is 0.309. The van der Waals surface area contributed by atoms with Crippen LogP contribution in [0.1, 0.15) is 25.3 Å². The second-order valence-corrected chi connectivity index (χ2v) is 5.22. The van der Waals surface area contributed by atoms with E-state index in [1.807, 2.05) is 6.92 Å². The third kappa shape index (κ3) is 3.88. The Kier molecular flexibility index (Phi) is 4.37. The van der Waals surface area contributed by atoms with Gasteiger partial charge in [0.25, 0.3) is 0 Å². The summed E-state index contributed by atoms with van der Waals surface area (Å²) in [5, 5.41) is 12.9. The highest BCUT2D eigenvalue weighted by atomic mass is 19.3. The number of aliphatic hydroxyl groups excluding tert-OH is 1. The molecule has 19 heavy (non-hydrogen) atoms. The molecule has 1 aliphatic carbocycles. The summed E-state index contributed by atoms with van der Waals surface area (Å²) in [5.74, 6) is 0.827. The number of rotatable bonds is 7. The van der Waals surface area contributed by atoms with Gasteiger partial charge in [0.1, 0.15) is 5.75 Å². The average Bonchev–Trinajstić information content (AvgIpc) is 3.20. The molecule has 0 heterocycles. The van der Waals surface area contributed by atoms with Crippen molar-refractivity contribution in [3.8, 4) is 5.75 Å². The lowest BCUT2D eigenvalue weighted by atomic mass is 9.92. The molecule has 0 aromatic heterocycles. The second-order valence-electron chi connectivity index (χ2n) is 5.22. The Morgan fingerprint density at radius 1 is 1.37 bits per heavy atom. The van der Waals surface area contributed by atoms with Crippen molar-refractivity contribution in [3.05, 3.63) is 29.8 Å². The molecule has 1 unspecified atom stereocenters. The summed E-state index contributed by atoms with van der Waals surface area (Å²) in [6, 6.07) is 6.39. The van der Waals surface area contributed by atoms with Crippen LogP contribution in [0, 0.1) is 5.92 Å². The van der Waals surface area contributed by atoms with Gasteiger partial charge in [-0.3, -0.25) is 0 Å². The van der Waals surface area contributed by atoms with Crippen molar-refractivity contribution in [2.75, 3.05) is 13.2 Å². The van der Waals surface area contributed by atoms with E-state index in [4.69, 9.17) is 0 Å². The van der Waals surface area contributed by atoms with E-state index >= 15 is 0 Å². The SMILES string of the molecule is CC(CO)(NCC1CC1)c1ccc(OC(F)F)cc1. The van der Waals surface area contributed by atoms with E-state index in [2.05, 4.69) is 10.1 Å². The van der Waals surface area contributed by atoms with Crippen LogP contribution in [0.15, 0.2) is 24.3 Å². The lowest BCUT2D eigenvalue weighted by molar-refractivity contribution is -0.0498. The van der Waals surface area contributed by atoms with E-state index in [0.717, 1.165) is 12.1 Å². The molecule has 106 valence electrons. The largest absolute Gasteiger partial charge is 0.435 e. The molecule has 3 nitrogen and oxygen atoms in total. The molecule has 1 saturated carbocycles. The Morgan fingerprint density at radius 2 is 2.00 bits per heavy atom. The maximum Gasteiger partial charge on any atom is 0.387 e. The molecule has 2 N–H and O–H groups in total. The molecule has 0 aliphatic heterocycles. The molecule has 2 rings (SSSR count). The van der Waals surface area contributed by atoms with Crippen LogP contribution in [-0.4, -0.2) is 24.9 Å². The highest BCUT2D eigenvalue weighted by Crippen LogP contribution is 2.30. The molecule has 0 spiro atoms. The number of hydrogen-bond donors (Lipinski definition) is 2. The fourth-order valence-electron chi connectivity index (χ4n) is 1.95. The smallest absolute Gasteiger partial charge is 0.387 e. The van der Waals surface area contributed by atoms with E-state index in [0.29, 0.717) is 5.92 Å². The molecule has 1 aromatic carbocycles. The Labute approximate surface area is 111 Å². The molecule has 5 heteroatoms. The van der Waals surface area contributed by atoms with Crippen molar-refractivity contribution in [3.63, 3.8) is 0 Å². The Balaban J connectivity index is 2.03. The maximum atomic E-state index is 12.1. The summed E-state index contributed by atoms with van der Waals surface area (Å²) < 4.78 is 28.4. The monoisotopic (exact) mass is 271 g/mol. The summed E-state index contributed by atoms with van der Waals surface area (Å²) in [6.45, 7) is -0.0949. The molecule has 0 amide bonds. The van der Waals surface area contributed by atoms with E-state index in [1.54, 1.807) is 12.1 Å². The van der Waals surface area contributed by atoms with Gasteiger partial charge in [-0.25, -0.2) is 0 Å². The van der Waals surface area contributed by atoms with Gasteiger partial charge in [-0.15, -0.1) is 0 Å². The van der Waals surface area contributed by atoms with E-state index < -0.39 is 12.2 Å². The first-order chi connectivity index (χ1) is 9.03. The topological polar surface area (TPSA) is 41.5 Å². The minimum absolute atomic E-state index is 0.0469. The van der Waals surface area contributed by atoms with Gasteiger partial charge in [-0.1, -0.05) is 12.1 Å². The van der Waals surface area contributed by atoms with Gasteiger partial charge in [0, 0.05) is 0 Å². The number of benzene rings is 1. The minimum atomic E-state index is -2.82. The highest BCUT2D eigenvalue weighted by Gasteiger charge is 2.29. The summed E-state index contributed by atoms with van der Waals surface area (Å²) in [4.78, 5) is 0. The third-order valence-corrected chi connectivity index (χ3v) is 3.51. The molecular formula is C14H19F2NO2. The van der Waals surface area contributed by atoms with Crippen molar-refractivity contribution in [1.29, 1.82) is 0 Å². The van der Waals surface area contributed by atoms with Crippen molar-refractivity contribution in [2.24, 2.45) is 5.92 Å². The number of nitrogens with one attached hydrogen (secondary N) is 1. The molecule has 0 bridgehead atoms. The lowest BCUT2D eigenvalue weighted by Crippen LogP contribution is -2.43. The van der Waals surface area contributed by atoms with Gasteiger partial charge in [-0.2, -0.15) is 8.78 Å². The van der Waals surface area contributed by atoms with Crippen LogP contribution in [0.25, 0.3) is 0 Å². The molecule has 1 fully saturated rings. The summed E-state index contributed by atoms with van der Waals surface area (Å²) in [7, 11) is 0. The third-order valence-electron chi connectivity index (χ3n) is 3.51. The zero-order chi connectivity index (χ0) is 13.9. The number of halogens is 2. The first-order valence-electron chi connectivity index (χ1n) is 6.45. The van der Waals surface area contributed by atoms with Gasteiger partial charge in [0.2, 0.25) is 0 Å². The molecular weight excluding hydrogens is 252 g/mol. The van der Waals surface area contributed by atoms with Gasteiger partial charge in [0.05, 0.1) is 12.1 Å². The second kappa shape index (κ2) is 5.84. The molecule has 0 radical (unpaired) electrons. The quantitative estimate of drug-likeness (QED) is 0.800. The van der Waals surface area contributed by atoms with Crippen molar-refractivity contribution in [1.82, 2.24) is 5.32 Å². The van der Waals surface area contributed by atoms with Crippen LogP contribution in [-0.2, 0) is 5.54 Å². The number of ether oxygens (including phenoxy) is 1. The van der Waals surface area contributed by atoms with Crippen LogP contribution in [0.2, 0.25) is 0 Å². The fraction of sp³-hybridized carbons (Fsp3) is 0.571. The van der Waals surface area contributed by atoms with Crippen LogP contribution in [0.5, 0.6) is 5.75 Å². The summed E-state index contributed by atoms with van der Waals surface area (Å²) in [6.07, 6.45) is 2.46. The standard InChI is InChI=1S/C14H19F2NO2/c1-14(9-18,17-8-10-2-3-10)11-4-6-12(7-5-11)19-13(15)16/h4-7,10,13,17-18H,2-3,8-9H2,1H3. The number of hydrogen-bond acceptors (Lipinski definition) is 3. The Bertz CT molecular complexity index is 406.